The Hall–Kier alpha value is -1.77. The molecular weight excluding hydrogens is 302 g/mol. The number of carbonyl (C=O) groups is 4. The summed E-state index contributed by atoms with van der Waals surface area (Å²) in [4.78, 5) is 43.4. The van der Waals surface area contributed by atoms with E-state index in [1.807, 2.05) is 0 Å². The number of amides is 1. The third-order valence-electron chi connectivity index (χ3n) is 2.07. The minimum Gasteiger partial charge on any atom is -0.480 e. The molecule has 120 valence electrons. The summed E-state index contributed by atoms with van der Waals surface area (Å²) in [6, 6.07) is -1.03. The maximum absolute atomic E-state index is 10.9. The van der Waals surface area contributed by atoms with Crippen LogP contribution >= 0.6 is 11.8 Å². The van der Waals surface area contributed by atoms with Gasteiger partial charge in [-0.1, -0.05) is 0 Å². The third kappa shape index (κ3) is 10.7. The van der Waals surface area contributed by atoms with Gasteiger partial charge in [-0.2, -0.15) is 11.8 Å². The van der Waals surface area contributed by atoms with E-state index < -0.39 is 36.0 Å². The molecule has 2 N–H and O–H groups in total. The van der Waals surface area contributed by atoms with Crippen LogP contribution in [0.25, 0.3) is 0 Å². The molecule has 0 aromatic heterocycles. The predicted molar refractivity (Wildman–Crippen MR) is 74.8 cm³/mol. The Bertz CT molecular complexity index is 399. The second-order valence-electron chi connectivity index (χ2n) is 4.16. The number of aliphatic carboxylic acids is 1. The summed E-state index contributed by atoms with van der Waals surface area (Å²) in [7, 11) is 0. The molecule has 0 rings (SSSR count). The van der Waals surface area contributed by atoms with Crippen molar-refractivity contribution in [1.82, 2.24) is 5.32 Å². The molecule has 0 aromatic rings. The van der Waals surface area contributed by atoms with Gasteiger partial charge in [-0.25, -0.2) is 4.79 Å². The molecule has 0 radical (unpaired) electrons. The molecule has 2 atom stereocenters. The van der Waals surface area contributed by atoms with Gasteiger partial charge in [0.05, 0.1) is 0 Å². The molecule has 1 unspecified atom stereocenters. The van der Waals surface area contributed by atoms with E-state index in [-0.39, 0.29) is 18.1 Å². The molecule has 0 fully saturated rings. The van der Waals surface area contributed by atoms with Gasteiger partial charge < -0.3 is 19.9 Å². The van der Waals surface area contributed by atoms with Crippen LogP contribution in [0.5, 0.6) is 0 Å². The van der Waals surface area contributed by atoms with Crippen molar-refractivity contribution in [2.24, 2.45) is 0 Å². The first kappa shape index (κ1) is 19.2. The maximum atomic E-state index is 10.9. The van der Waals surface area contributed by atoms with Crippen molar-refractivity contribution in [3.63, 3.8) is 0 Å². The standard InChI is InChI=1S/C12H19NO7S/c1-7(14)13-11(12(17)18)6-21-5-10(20-9(3)16)4-19-8(2)15/h10-11H,4-6H2,1-3H3,(H,13,14)(H,17,18)/t10?,11-/m0/s1. The molecule has 21 heavy (non-hydrogen) atoms. The van der Waals surface area contributed by atoms with E-state index in [2.05, 4.69) is 5.32 Å². The Labute approximate surface area is 126 Å². The average molecular weight is 321 g/mol. The van der Waals surface area contributed by atoms with Crippen LogP contribution in [-0.2, 0) is 28.7 Å². The first-order valence-electron chi connectivity index (χ1n) is 6.10. The Kier molecular flexibility index (Phi) is 9.18. The fourth-order valence-corrected chi connectivity index (χ4v) is 2.32. The van der Waals surface area contributed by atoms with Crippen LogP contribution < -0.4 is 5.32 Å². The molecule has 1 amide bonds. The predicted octanol–water partition coefficient (Wildman–Crippen LogP) is -0.196. The largest absolute Gasteiger partial charge is 0.480 e. The number of hydrogen-bond donors (Lipinski definition) is 2. The SMILES string of the molecule is CC(=O)N[C@@H](CSCC(COC(C)=O)OC(C)=O)C(=O)O. The Balaban J connectivity index is 4.31. The van der Waals surface area contributed by atoms with E-state index in [1.54, 1.807) is 0 Å². The Morgan fingerprint density at radius 3 is 2.14 bits per heavy atom. The van der Waals surface area contributed by atoms with Crippen molar-refractivity contribution in [3.8, 4) is 0 Å². The number of nitrogens with one attached hydrogen (secondary N) is 1. The molecule has 0 heterocycles. The summed E-state index contributed by atoms with van der Waals surface area (Å²) >= 11 is 1.17. The third-order valence-corrected chi connectivity index (χ3v) is 3.25. The molecule has 0 bridgehead atoms. The van der Waals surface area contributed by atoms with E-state index in [0.717, 1.165) is 0 Å². The molecule has 0 aliphatic heterocycles. The Morgan fingerprint density at radius 2 is 1.71 bits per heavy atom. The topological polar surface area (TPSA) is 119 Å². The molecular formula is C12H19NO7S. The molecule has 8 nitrogen and oxygen atoms in total. The number of thioether (sulfide) groups is 1. The summed E-state index contributed by atoms with van der Waals surface area (Å²) in [5.74, 6) is -2.27. The lowest BCUT2D eigenvalue weighted by Crippen LogP contribution is -2.41. The number of carbonyl (C=O) groups excluding carboxylic acids is 3. The van der Waals surface area contributed by atoms with Gasteiger partial charge in [-0.05, 0) is 0 Å². The zero-order valence-electron chi connectivity index (χ0n) is 12.1. The second-order valence-corrected chi connectivity index (χ2v) is 5.24. The molecule has 0 saturated heterocycles. The number of esters is 2. The van der Waals surface area contributed by atoms with Gasteiger partial charge >= 0.3 is 17.9 Å². The van der Waals surface area contributed by atoms with Crippen molar-refractivity contribution in [1.29, 1.82) is 0 Å². The summed E-state index contributed by atoms with van der Waals surface area (Å²) in [5, 5.41) is 11.2. The van der Waals surface area contributed by atoms with E-state index >= 15 is 0 Å². The van der Waals surface area contributed by atoms with E-state index in [9.17, 15) is 19.2 Å². The highest BCUT2D eigenvalue weighted by Gasteiger charge is 2.20. The Morgan fingerprint density at radius 1 is 1.10 bits per heavy atom. The highest BCUT2D eigenvalue weighted by atomic mass is 32.2. The molecule has 9 heteroatoms. The summed E-state index contributed by atoms with van der Waals surface area (Å²) < 4.78 is 9.71. The summed E-state index contributed by atoms with van der Waals surface area (Å²) in [5.41, 5.74) is 0. The van der Waals surface area contributed by atoms with Crippen LogP contribution in [0, 0.1) is 0 Å². The first-order valence-corrected chi connectivity index (χ1v) is 7.26. The smallest absolute Gasteiger partial charge is 0.327 e. The van der Waals surface area contributed by atoms with Gasteiger partial charge in [0.1, 0.15) is 18.8 Å². The van der Waals surface area contributed by atoms with Crippen LogP contribution in [0.1, 0.15) is 20.8 Å². The van der Waals surface area contributed by atoms with Gasteiger partial charge in [0.15, 0.2) is 0 Å². The monoisotopic (exact) mass is 321 g/mol. The van der Waals surface area contributed by atoms with E-state index in [4.69, 9.17) is 14.6 Å². The molecule has 0 spiro atoms. The second kappa shape index (κ2) is 10.0. The number of ether oxygens (including phenoxy) is 2. The van der Waals surface area contributed by atoms with Crippen molar-refractivity contribution in [2.75, 3.05) is 18.1 Å². The van der Waals surface area contributed by atoms with Crippen molar-refractivity contribution in [3.05, 3.63) is 0 Å². The minimum atomic E-state index is -1.15. The van der Waals surface area contributed by atoms with Gasteiger partial charge in [0.2, 0.25) is 5.91 Å². The molecule has 0 saturated carbocycles. The summed E-state index contributed by atoms with van der Waals surface area (Å²) in [6.07, 6.45) is -0.664. The van der Waals surface area contributed by atoms with Crippen molar-refractivity contribution >= 4 is 35.6 Å². The zero-order chi connectivity index (χ0) is 16.4. The number of hydrogen-bond acceptors (Lipinski definition) is 7. The average Bonchev–Trinajstić information content (AvgIpc) is 2.33. The molecule has 0 aliphatic carbocycles. The highest BCUT2D eigenvalue weighted by molar-refractivity contribution is 7.99. The van der Waals surface area contributed by atoms with Crippen LogP contribution in [0.2, 0.25) is 0 Å². The fourth-order valence-electron chi connectivity index (χ4n) is 1.30. The van der Waals surface area contributed by atoms with Gasteiger partial charge in [-0.3, -0.25) is 14.4 Å². The highest BCUT2D eigenvalue weighted by Crippen LogP contribution is 2.09. The van der Waals surface area contributed by atoms with Crippen molar-refractivity contribution < 1.29 is 33.8 Å². The molecule has 0 aliphatic rings. The van der Waals surface area contributed by atoms with Crippen LogP contribution in [0.3, 0.4) is 0 Å². The fraction of sp³-hybridized carbons (Fsp3) is 0.667. The van der Waals surface area contributed by atoms with E-state index in [0.29, 0.717) is 0 Å². The van der Waals surface area contributed by atoms with Crippen LogP contribution in [-0.4, -0.2) is 59.2 Å². The lowest BCUT2D eigenvalue weighted by molar-refractivity contribution is -0.154. The lowest BCUT2D eigenvalue weighted by atomic mass is 10.3. The van der Waals surface area contributed by atoms with Gasteiger partial charge in [-0.15, -0.1) is 0 Å². The first-order chi connectivity index (χ1) is 9.72. The minimum absolute atomic E-state index is 0.0974. The van der Waals surface area contributed by atoms with Crippen molar-refractivity contribution in [2.45, 2.75) is 32.9 Å². The molecule has 0 aromatic carbocycles. The van der Waals surface area contributed by atoms with Gasteiger partial charge in [0, 0.05) is 32.3 Å². The normalized spacial score (nSPS) is 12.9. The zero-order valence-corrected chi connectivity index (χ0v) is 12.9. The number of rotatable bonds is 9. The maximum Gasteiger partial charge on any atom is 0.327 e. The van der Waals surface area contributed by atoms with Gasteiger partial charge in [0.25, 0.3) is 0 Å². The van der Waals surface area contributed by atoms with E-state index in [1.165, 1.54) is 32.5 Å². The lowest BCUT2D eigenvalue weighted by Gasteiger charge is -2.18. The quantitative estimate of drug-likeness (QED) is 0.561. The van der Waals surface area contributed by atoms with Crippen LogP contribution in [0.15, 0.2) is 0 Å². The number of carboxylic acid groups (broad SMARTS) is 1. The summed E-state index contributed by atoms with van der Waals surface area (Å²) in [6.45, 7) is 3.58. The van der Waals surface area contributed by atoms with Crippen LogP contribution in [0.4, 0.5) is 0 Å². The number of carboxylic acids is 1.